The third-order valence-corrected chi connectivity index (χ3v) is 6.38. The van der Waals surface area contributed by atoms with E-state index in [0.717, 1.165) is 16.9 Å². The number of aromatic amines is 1. The predicted molar refractivity (Wildman–Crippen MR) is 99.5 cm³/mol. The molecule has 0 bridgehead atoms. The van der Waals surface area contributed by atoms with Crippen LogP contribution in [0.2, 0.25) is 0 Å². The van der Waals surface area contributed by atoms with Gasteiger partial charge in [0.1, 0.15) is 5.75 Å². The van der Waals surface area contributed by atoms with E-state index in [1.165, 1.54) is 22.7 Å². The lowest BCUT2D eigenvalue weighted by molar-refractivity contribution is 0.0944. The van der Waals surface area contributed by atoms with Crippen LogP contribution in [0.4, 0.5) is 0 Å². The number of fused-ring (bicyclic) bond motifs is 1. The standard InChI is InChI=1S/C17H23N5O4S/c1-21(2)27(24,25)22-8-7-14-15(11-22)19-20-16(14)17(23)18-10-12-5-4-6-13(9-12)26-3/h4-6,9H,7-8,10-11H2,1-3H3,(H,18,23)(H,19,20). The first-order valence-electron chi connectivity index (χ1n) is 8.47. The van der Waals surface area contributed by atoms with E-state index >= 15 is 0 Å². The number of hydrogen-bond acceptors (Lipinski definition) is 5. The molecule has 1 aliphatic heterocycles. The number of carbonyl (C=O) groups is 1. The van der Waals surface area contributed by atoms with Crippen molar-refractivity contribution in [2.45, 2.75) is 19.5 Å². The number of methoxy groups -OCH3 is 1. The second-order valence-corrected chi connectivity index (χ2v) is 8.58. The van der Waals surface area contributed by atoms with Crippen molar-refractivity contribution in [3.05, 3.63) is 46.8 Å². The highest BCUT2D eigenvalue weighted by Gasteiger charge is 2.32. The van der Waals surface area contributed by atoms with Crippen molar-refractivity contribution in [3.8, 4) is 5.75 Å². The summed E-state index contributed by atoms with van der Waals surface area (Å²) >= 11 is 0. The molecule has 9 nitrogen and oxygen atoms in total. The minimum Gasteiger partial charge on any atom is -0.497 e. The molecule has 1 aromatic heterocycles. The summed E-state index contributed by atoms with van der Waals surface area (Å²) in [4.78, 5) is 12.5. The van der Waals surface area contributed by atoms with Crippen molar-refractivity contribution < 1.29 is 17.9 Å². The molecule has 1 amide bonds. The van der Waals surface area contributed by atoms with Gasteiger partial charge in [0, 0.05) is 32.7 Å². The minimum atomic E-state index is -3.50. The van der Waals surface area contributed by atoms with Gasteiger partial charge in [-0.05, 0) is 24.1 Å². The molecule has 0 unspecified atom stereocenters. The van der Waals surface area contributed by atoms with Crippen molar-refractivity contribution >= 4 is 16.1 Å². The normalized spacial score (nSPS) is 14.8. The van der Waals surface area contributed by atoms with Crippen LogP contribution < -0.4 is 10.1 Å². The number of aromatic nitrogens is 2. The number of nitrogens with one attached hydrogen (secondary N) is 2. The molecule has 2 heterocycles. The van der Waals surface area contributed by atoms with Gasteiger partial charge in [0.25, 0.3) is 16.1 Å². The van der Waals surface area contributed by atoms with Crippen molar-refractivity contribution in [2.75, 3.05) is 27.7 Å². The zero-order chi connectivity index (χ0) is 19.6. The van der Waals surface area contributed by atoms with Crippen LogP contribution in [-0.2, 0) is 29.7 Å². The van der Waals surface area contributed by atoms with E-state index in [-0.39, 0.29) is 12.5 Å². The van der Waals surface area contributed by atoms with E-state index in [1.807, 2.05) is 24.3 Å². The van der Waals surface area contributed by atoms with Crippen LogP contribution in [0.25, 0.3) is 0 Å². The molecule has 0 atom stereocenters. The molecule has 1 aromatic carbocycles. The maximum atomic E-state index is 12.5. The molecule has 10 heteroatoms. The zero-order valence-corrected chi connectivity index (χ0v) is 16.3. The highest BCUT2D eigenvalue weighted by atomic mass is 32.2. The quantitative estimate of drug-likeness (QED) is 0.744. The Morgan fingerprint density at radius 1 is 1.41 bits per heavy atom. The molecule has 0 saturated heterocycles. The molecule has 146 valence electrons. The van der Waals surface area contributed by atoms with Gasteiger partial charge in [-0.15, -0.1) is 0 Å². The fourth-order valence-electron chi connectivity index (χ4n) is 2.96. The monoisotopic (exact) mass is 393 g/mol. The molecule has 2 aromatic rings. The van der Waals surface area contributed by atoms with E-state index in [0.29, 0.717) is 30.9 Å². The summed E-state index contributed by atoms with van der Waals surface area (Å²) in [5, 5.41) is 9.76. The maximum Gasteiger partial charge on any atom is 0.281 e. The number of rotatable bonds is 6. The lowest BCUT2D eigenvalue weighted by atomic mass is 10.1. The van der Waals surface area contributed by atoms with E-state index < -0.39 is 10.2 Å². The summed E-state index contributed by atoms with van der Waals surface area (Å²) in [7, 11) is 1.08. The molecule has 0 spiro atoms. The van der Waals surface area contributed by atoms with Crippen LogP contribution in [-0.4, -0.2) is 60.9 Å². The van der Waals surface area contributed by atoms with E-state index in [1.54, 1.807) is 7.11 Å². The molecule has 0 fully saturated rings. The molecule has 0 aliphatic carbocycles. The number of carbonyl (C=O) groups excluding carboxylic acids is 1. The van der Waals surface area contributed by atoms with Crippen LogP contribution in [0.5, 0.6) is 5.75 Å². The lowest BCUT2D eigenvalue weighted by Gasteiger charge is -2.28. The van der Waals surface area contributed by atoms with Gasteiger partial charge in [0.15, 0.2) is 5.69 Å². The Bertz CT molecular complexity index is 939. The van der Waals surface area contributed by atoms with Gasteiger partial charge in [-0.25, -0.2) is 0 Å². The van der Waals surface area contributed by atoms with Gasteiger partial charge >= 0.3 is 0 Å². The maximum absolute atomic E-state index is 12.5. The summed E-state index contributed by atoms with van der Waals surface area (Å²) in [6.45, 7) is 0.827. The van der Waals surface area contributed by atoms with E-state index in [9.17, 15) is 13.2 Å². The Hall–Kier alpha value is -2.43. The van der Waals surface area contributed by atoms with Crippen molar-refractivity contribution in [2.24, 2.45) is 0 Å². The predicted octanol–water partition coefficient (Wildman–Crippen LogP) is 0.513. The fourth-order valence-corrected chi connectivity index (χ4v) is 4.03. The van der Waals surface area contributed by atoms with Crippen molar-refractivity contribution in [1.82, 2.24) is 24.1 Å². The fraction of sp³-hybridized carbons (Fsp3) is 0.412. The summed E-state index contributed by atoms with van der Waals surface area (Å²) < 4.78 is 32.3. The minimum absolute atomic E-state index is 0.173. The third-order valence-electron chi connectivity index (χ3n) is 4.49. The first-order chi connectivity index (χ1) is 12.8. The Kier molecular flexibility index (Phi) is 5.49. The molecule has 2 N–H and O–H groups in total. The Morgan fingerprint density at radius 3 is 2.89 bits per heavy atom. The van der Waals surface area contributed by atoms with Crippen LogP contribution >= 0.6 is 0 Å². The Balaban J connectivity index is 1.69. The second-order valence-electron chi connectivity index (χ2n) is 6.44. The summed E-state index contributed by atoms with van der Waals surface area (Å²) in [5.74, 6) is 0.431. The van der Waals surface area contributed by atoms with Gasteiger partial charge in [0.05, 0.1) is 19.3 Å². The number of amides is 1. The van der Waals surface area contributed by atoms with Crippen molar-refractivity contribution in [1.29, 1.82) is 0 Å². The lowest BCUT2D eigenvalue weighted by Crippen LogP contribution is -2.42. The zero-order valence-electron chi connectivity index (χ0n) is 15.5. The largest absolute Gasteiger partial charge is 0.497 e. The van der Waals surface area contributed by atoms with Gasteiger partial charge in [-0.3, -0.25) is 9.89 Å². The highest BCUT2D eigenvalue weighted by molar-refractivity contribution is 7.86. The summed E-state index contributed by atoms with van der Waals surface area (Å²) in [6, 6.07) is 7.44. The number of nitrogens with zero attached hydrogens (tertiary/aromatic N) is 3. The average molecular weight is 393 g/mol. The average Bonchev–Trinajstić information content (AvgIpc) is 3.09. The first kappa shape index (κ1) is 19.3. The van der Waals surface area contributed by atoms with Crippen LogP contribution in [0, 0.1) is 0 Å². The molecule has 3 rings (SSSR count). The number of ether oxygens (including phenoxy) is 1. The number of H-pyrrole nitrogens is 1. The third kappa shape index (κ3) is 3.97. The van der Waals surface area contributed by atoms with E-state index in [2.05, 4.69) is 15.5 Å². The molecular formula is C17H23N5O4S. The molecule has 27 heavy (non-hydrogen) atoms. The van der Waals surface area contributed by atoms with Gasteiger partial charge in [-0.1, -0.05) is 12.1 Å². The highest BCUT2D eigenvalue weighted by Crippen LogP contribution is 2.23. The van der Waals surface area contributed by atoms with Crippen LogP contribution in [0.15, 0.2) is 24.3 Å². The van der Waals surface area contributed by atoms with Gasteiger partial charge in [-0.2, -0.15) is 22.1 Å². The van der Waals surface area contributed by atoms with Crippen LogP contribution in [0.3, 0.4) is 0 Å². The number of benzene rings is 1. The molecule has 1 aliphatic rings. The van der Waals surface area contributed by atoms with Gasteiger partial charge < -0.3 is 10.1 Å². The first-order valence-corrected chi connectivity index (χ1v) is 9.87. The summed E-state index contributed by atoms with van der Waals surface area (Å²) in [6.07, 6.45) is 0.431. The second kappa shape index (κ2) is 7.67. The van der Waals surface area contributed by atoms with Gasteiger partial charge in [0.2, 0.25) is 0 Å². The van der Waals surface area contributed by atoms with Crippen LogP contribution in [0.1, 0.15) is 27.3 Å². The van der Waals surface area contributed by atoms with Crippen molar-refractivity contribution in [3.63, 3.8) is 0 Å². The topological polar surface area (TPSA) is 108 Å². The Morgan fingerprint density at radius 2 is 2.19 bits per heavy atom. The molecule has 0 saturated carbocycles. The van der Waals surface area contributed by atoms with E-state index in [4.69, 9.17) is 4.74 Å². The molecule has 0 radical (unpaired) electrons. The summed E-state index contributed by atoms with van der Waals surface area (Å²) in [5.41, 5.74) is 2.65. The molecular weight excluding hydrogens is 370 g/mol. The number of hydrogen-bond donors (Lipinski definition) is 2. The SMILES string of the molecule is COc1cccc(CNC(=O)c2n[nH]c3c2CCN(S(=O)(=O)N(C)C)C3)c1. The Labute approximate surface area is 158 Å². The smallest absolute Gasteiger partial charge is 0.281 e.